The number of aliphatic hydroxyl groups excluding tert-OH is 1. The van der Waals surface area contributed by atoms with E-state index in [0.29, 0.717) is 66.9 Å². The molecule has 2 aliphatic heterocycles. The molecule has 0 bridgehead atoms. The van der Waals surface area contributed by atoms with Gasteiger partial charge in [0, 0.05) is 38.3 Å². The van der Waals surface area contributed by atoms with Gasteiger partial charge in [-0.05, 0) is 43.7 Å². The van der Waals surface area contributed by atoms with Gasteiger partial charge in [0.25, 0.3) is 6.43 Å². The summed E-state index contributed by atoms with van der Waals surface area (Å²) < 4.78 is 40.8. The maximum absolute atomic E-state index is 14.2. The number of fused-ring (bicyclic) bond motifs is 1. The molecule has 6 rings (SSSR count). The van der Waals surface area contributed by atoms with Crippen molar-refractivity contribution in [3.63, 3.8) is 0 Å². The Morgan fingerprint density at radius 3 is 2.48 bits per heavy atom. The number of imidazole rings is 1. The molecule has 40 heavy (non-hydrogen) atoms. The second kappa shape index (κ2) is 12.3. The average molecular weight is 558 g/mol. The van der Waals surface area contributed by atoms with Gasteiger partial charge in [0.2, 0.25) is 5.95 Å². The number of rotatable bonds is 8. The molecule has 0 radical (unpaired) electrons. The number of anilines is 2. The lowest BCUT2D eigenvalue weighted by atomic mass is 9.85. The van der Waals surface area contributed by atoms with Crippen molar-refractivity contribution >= 4 is 22.8 Å². The number of aromatic nitrogens is 4. The summed E-state index contributed by atoms with van der Waals surface area (Å²) in [6.45, 7) is 5.63. The van der Waals surface area contributed by atoms with Gasteiger partial charge in [-0.3, -0.25) is 9.47 Å². The first-order valence-corrected chi connectivity index (χ1v) is 14.3. The predicted octanol–water partition coefficient (Wildman–Crippen LogP) is 3.25. The first-order valence-electron chi connectivity index (χ1n) is 14.3. The molecule has 1 atom stereocenters. The van der Waals surface area contributed by atoms with Crippen LogP contribution < -0.4 is 10.2 Å². The molecule has 0 unspecified atom stereocenters. The third-order valence-electron chi connectivity index (χ3n) is 8.37. The Labute approximate surface area is 232 Å². The zero-order valence-corrected chi connectivity index (χ0v) is 22.6. The van der Waals surface area contributed by atoms with Gasteiger partial charge in [-0.1, -0.05) is 12.1 Å². The molecule has 3 aliphatic rings. The van der Waals surface area contributed by atoms with Gasteiger partial charge in [0.05, 0.1) is 50.1 Å². The number of nitrogens with one attached hydrogen (secondary N) is 1. The third-order valence-corrected chi connectivity index (χ3v) is 8.37. The van der Waals surface area contributed by atoms with Crippen LogP contribution in [-0.4, -0.2) is 101 Å². The highest BCUT2D eigenvalue weighted by molar-refractivity contribution is 5.78. The molecule has 0 amide bonds. The van der Waals surface area contributed by atoms with Gasteiger partial charge in [0.1, 0.15) is 11.6 Å². The number of para-hydroxylation sites is 2. The molecule has 2 saturated heterocycles. The number of aliphatic hydroxyl groups is 1. The fourth-order valence-corrected chi connectivity index (χ4v) is 6.19. The standard InChI is InChI=1S/C28H37F2N7O3/c29-26(30)27-32-22-3-1-2-4-23(22)37(27)25-15-24(36-11-14-40-18-21(36)17-38)33-28(34-25)31-16-19-5-7-20(8-6-19)35-9-12-39-13-10-35/h1-4,15,19-21,26,38H,5-14,16-18H2,(H,31,33,34)/t19-,20-,21-/m0/s1. The van der Waals surface area contributed by atoms with E-state index >= 15 is 0 Å². The van der Waals surface area contributed by atoms with Crippen molar-refractivity contribution in [1.82, 2.24) is 24.4 Å². The van der Waals surface area contributed by atoms with E-state index in [1.54, 1.807) is 30.3 Å². The lowest BCUT2D eigenvalue weighted by Gasteiger charge is -2.38. The quantitative estimate of drug-likeness (QED) is 0.432. The molecular weight excluding hydrogens is 520 g/mol. The van der Waals surface area contributed by atoms with Crippen molar-refractivity contribution in [1.29, 1.82) is 0 Å². The minimum Gasteiger partial charge on any atom is -0.394 e. The predicted molar refractivity (Wildman–Crippen MR) is 147 cm³/mol. The molecule has 216 valence electrons. The monoisotopic (exact) mass is 557 g/mol. The molecule has 4 heterocycles. The summed E-state index contributed by atoms with van der Waals surface area (Å²) in [6, 6.07) is 9.10. The van der Waals surface area contributed by atoms with E-state index in [1.165, 1.54) is 4.57 Å². The summed E-state index contributed by atoms with van der Waals surface area (Å²) in [7, 11) is 0. The topological polar surface area (TPSA) is 101 Å². The minimum absolute atomic E-state index is 0.106. The van der Waals surface area contributed by atoms with Crippen LogP contribution in [0, 0.1) is 5.92 Å². The van der Waals surface area contributed by atoms with E-state index in [9.17, 15) is 13.9 Å². The van der Waals surface area contributed by atoms with Gasteiger partial charge in [-0.15, -0.1) is 0 Å². The van der Waals surface area contributed by atoms with Crippen LogP contribution in [0.5, 0.6) is 0 Å². The Hall–Kier alpha value is -2.93. The maximum Gasteiger partial charge on any atom is 0.296 e. The largest absolute Gasteiger partial charge is 0.394 e. The van der Waals surface area contributed by atoms with Crippen LogP contribution in [0.2, 0.25) is 0 Å². The molecule has 12 heteroatoms. The molecule has 3 fully saturated rings. The van der Waals surface area contributed by atoms with Crippen molar-refractivity contribution in [3.05, 3.63) is 36.2 Å². The van der Waals surface area contributed by atoms with Gasteiger partial charge in [-0.2, -0.15) is 9.97 Å². The summed E-state index contributed by atoms with van der Waals surface area (Å²) >= 11 is 0. The Balaban J connectivity index is 1.27. The van der Waals surface area contributed by atoms with Crippen LogP contribution in [0.1, 0.15) is 37.9 Å². The Bertz CT molecular complexity index is 1280. The fraction of sp³-hybridized carbons (Fsp3) is 0.607. The Morgan fingerprint density at radius 1 is 0.950 bits per heavy atom. The number of ether oxygens (including phenoxy) is 2. The molecule has 1 aliphatic carbocycles. The number of halogens is 2. The summed E-state index contributed by atoms with van der Waals surface area (Å²) in [4.78, 5) is 18.2. The molecule has 1 aromatic carbocycles. The second-order valence-electron chi connectivity index (χ2n) is 10.8. The second-order valence-corrected chi connectivity index (χ2v) is 10.8. The van der Waals surface area contributed by atoms with E-state index < -0.39 is 6.43 Å². The molecule has 2 N–H and O–H groups in total. The van der Waals surface area contributed by atoms with E-state index in [0.717, 1.165) is 52.0 Å². The van der Waals surface area contributed by atoms with E-state index in [1.807, 2.05) is 4.90 Å². The van der Waals surface area contributed by atoms with Crippen LogP contribution in [0.25, 0.3) is 16.9 Å². The number of hydrogen-bond acceptors (Lipinski definition) is 9. The molecule has 1 saturated carbocycles. The highest BCUT2D eigenvalue weighted by Gasteiger charge is 2.29. The number of morpholine rings is 2. The lowest BCUT2D eigenvalue weighted by molar-refractivity contribution is 0.00539. The zero-order valence-electron chi connectivity index (χ0n) is 22.6. The van der Waals surface area contributed by atoms with E-state index in [-0.39, 0.29) is 18.5 Å². The third kappa shape index (κ3) is 5.76. The van der Waals surface area contributed by atoms with E-state index in [2.05, 4.69) is 15.2 Å². The summed E-state index contributed by atoms with van der Waals surface area (Å²) in [5.41, 5.74) is 1.03. The van der Waals surface area contributed by atoms with Crippen LogP contribution in [0.4, 0.5) is 20.5 Å². The van der Waals surface area contributed by atoms with Gasteiger partial charge < -0.3 is 24.8 Å². The van der Waals surface area contributed by atoms with E-state index in [4.69, 9.17) is 19.4 Å². The van der Waals surface area contributed by atoms with Crippen molar-refractivity contribution in [2.45, 2.75) is 44.2 Å². The highest BCUT2D eigenvalue weighted by atomic mass is 19.3. The minimum atomic E-state index is -2.78. The van der Waals surface area contributed by atoms with Gasteiger partial charge in [0.15, 0.2) is 5.82 Å². The van der Waals surface area contributed by atoms with Gasteiger partial charge in [-0.25, -0.2) is 13.8 Å². The SMILES string of the molecule is OC[C@H]1COCCN1c1cc(-n2c(C(F)F)nc3ccccc32)nc(NC[C@H]2CC[C@H](N3CCOCC3)CC2)n1. The highest BCUT2D eigenvalue weighted by Crippen LogP contribution is 2.31. The Morgan fingerprint density at radius 2 is 1.70 bits per heavy atom. The summed E-state index contributed by atoms with van der Waals surface area (Å²) in [5, 5.41) is 13.4. The number of hydrogen-bond donors (Lipinski definition) is 2. The van der Waals surface area contributed by atoms with Crippen LogP contribution in [0.3, 0.4) is 0 Å². The number of benzene rings is 1. The Kier molecular flexibility index (Phi) is 8.38. The number of alkyl halides is 2. The molecule has 0 spiro atoms. The average Bonchev–Trinajstić information content (AvgIpc) is 3.41. The normalized spacial score (nSPS) is 24.6. The van der Waals surface area contributed by atoms with Crippen molar-refractivity contribution < 1.29 is 23.4 Å². The van der Waals surface area contributed by atoms with Crippen molar-refractivity contribution in [2.75, 3.05) is 69.4 Å². The lowest BCUT2D eigenvalue weighted by Crippen LogP contribution is -2.48. The first-order chi connectivity index (χ1) is 19.6. The fourth-order valence-electron chi connectivity index (χ4n) is 6.19. The first kappa shape index (κ1) is 27.3. The zero-order chi connectivity index (χ0) is 27.5. The smallest absolute Gasteiger partial charge is 0.296 e. The maximum atomic E-state index is 14.2. The van der Waals surface area contributed by atoms with Crippen molar-refractivity contribution in [2.24, 2.45) is 5.92 Å². The summed E-state index contributed by atoms with van der Waals surface area (Å²) in [5.74, 6) is 1.37. The van der Waals surface area contributed by atoms with Crippen LogP contribution in [-0.2, 0) is 9.47 Å². The van der Waals surface area contributed by atoms with Crippen molar-refractivity contribution in [3.8, 4) is 5.82 Å². The van der Waals surface area contributed by atoms with Crippen LogP contribution >= 0.6 is 0 Å². The summed E-state index contributed by atoms with van der Waals surface area (Å²) in [6.07, 6.45) is 1.75. The molecule has 2 aromatic heterocycles. The van der Waals surface area contributed by atoms with Crippen LogP contribution in [0.15, 0.2) is 30.3 Å². The molecular formula is C28H37F2N7O3. The van der Waals surface area contributed by atoms with Gasteiger partial charge >= 0.3 is 0 Å². The molecule has 3 aromatic rings. The molecule has 10 nitrogen and oxygen atoms in total. The number of nitrogens with zero attached hydrogens (tertiary/aromatic N) is 6.